The summed E-state index contributed by atoms with van der Waals surface area (Å²) in [5.74, 6) is -0.295. The predicted molar refractivity (Wildman–Crippen MR) is 50.1 cm³/mol. The summed E-state index contributed by atoms with van der Waals surface area (Å²) in [5, 5.41) is 9.33. The van der Waals surface area contributed by atoms with E-state index in [1.807, 2.05) is 0 Å². The van der Waals surface area contributed by atoms with Crippen LogP contribution in [0, 0.1) is 0 Å². The molecular formula is C8H11NO4S. The van der Waals surface area contributed by atoms with Crippen molar-refractivity contribution in [2.45, 2.75) is 4.90 Å². The van der Waals surface area contributed by atoms with Crippen LogP contribution in [0.15, 0.2) is 29.2 Å². The van der Waals surface area contributed by atoms with Crippen molar-refractivity contribution in [3.8, 4) is 5.75 Å². The van der Waals surface area contributed by atoms with Gasteiger partial charge < -0.3 is 5.11 Å². The van der Waals surface area contributed by atoms with Gasteiger partial charge in [0.2, 0.25) is 0 Å². The van der Waals surface area contributed by atoms with E-state index in [2.05, 4.69) is 4.84 Å². The number of aromatic hydroxyl groups is 1. The van der Waals surface area contributed by atoms with Crippen molar-refractivity contribution in [3.05, 3.63) is 24.3 Å². The number of hydroxylamine groups is 1. The van der Waals surface area contributed by atoms with Crippen molar-refractivity contribution >= 4 is 10.0 Å². The van der Waals surface area contributed by atoms with Crippen LogP contribution in [0.2, 0.25) is 0 Å². The first-order valence-electron chi connectivity index (χ1n) is 3.81. The molecule has 0 heterocycles. The fourth-order valence-corrected chi connectivity index (χ4v) is 1.97. The maximum absolute atomic E-state index is 11.6. The summed E-state index contributed by atoms with van der Waals surface area (Å²) in [6, 6.07) is 5.67. The van der Waals surface area contributed by atoms with Crippen molar-refractivity contribution in [2.75, 3.05) is 14.2 Å². The number of phenolic OH excluding ortho intramolecular Hbond substituents is 1. The fraction of sp³-hybridized carbons (Fsp3) is 0.250. The summed E-state index contributed by atoms with van der Waals surface area (Å²) in [4.78, 5) is 4.38. The van der Waals surface area contributed by atoms with Crippen LogP contribution in [0.1, 0.15) is 0 Å². The van der Waals surface area contributed by atoms with Crippen LogP contribution >= 0.6 is 0 Å². The van der Waals surface area contributed by atoms with Crippen molar-refractivity contribution in [1.29, 1.82) is 0 Å². The van der Waals surface area contributed by atoms with Crippen LogP contribution in [0.3, 0.4) is 0 Å². The Balaban J connectivity index is 3.24. The summed E-state index contributed by atoms with van der Waals surface area (Å²) in [6.45, 7) is 0. The Morgan fingerprint density at radius 1 is 1.36 bits per heavy atom. The normalized spacial score (nSPS) is 11.9. The molecule has 0 bridgehead atoms. The summed E-state index contributed by atoms with van der Waals surface area (Å²) < 4.78 is 23.9. The van der Waals surface area contributed by atoms with E-state index < -0.39 is 10.0 Å². The average molecular weight is 217 g/mol. The zero-order chi connectivity index (χ0) is 10.8. The highest BCUT2D eigenvalue weighted by atomic mass is 32.2. The largest absolute Gasteiger partial charge is 0.507 e. The molecule has 14 heavy (non-hydrogen) atoms. The van der Waals surface area contributed by atoms with Crippen LogP contribution in [0.4, 0.5) is 0 Å². The molecule has 0 atom stereocenters. The maximum atomic E-state index is 11.6. The Labute approximate surface area is 82.5 Å². The van der Waals surface area contributed by atoms with Gasteiger partial charge in [-0.3, -0.25) is 4.84 Å². The number of benzene rings is 1. The van der Waals surface area contributed by atoms with Gasteiger partial charge in [0.05, 0.1) is 7.11 Å². The second kappa shape index (κ2) is 3.95. The molecule has 0 spiro atoms. The molecule has 1 rings (SSSR count). The lowest BCUT2D eigenvalue weighted by Crippen LogP contribution is -2.25. The molecule has 6 heteroatoms. The third-order valence-corrected chi connectivity index (χ3v) is 3.47. The maximum Gasteiger partial charge on any atom is 0.268 e. The number of para-hydroxylation sites is 1. The molecule has 1 aromatic carbocycles. The highest BCUT2D eigenvalue weighted by Crippen LogP contribution is 2.23. The standard InChI is InChI=1S/C8H11NO4S/c1-9(13-2)14(11,12)8-6-4-3-5-7(8)10/h3-6,10H,1-2H3. The first-order chi connectivity index (χ1) is 6.50. The highest BCUT2D eigenvalue weighted by molar-refractivity contribution is 7.89. The lowest BCUT2D eigenvalue weighted by atomic mass is 10.3. The van der Waals surface area contributed by atoms with E-state index in [-0.39, 0.29) is 10.6 Å². The van der Waals surface area contributed by atoms with Gasteiger partial charge in [-0.05, 0) is 12.1 Å². The summed E-state index contributed by atoms with van der Waals surface area (Å²) in [5.41, 5.74) is 0. The first-order valence-corrected chi connectivity index (χ1v) is 5.25. The van der Waals surface area contributed by atoms with E-state index >= 15 is 0 Å². The quantitative estimate of drug-likeness (QED) is 0.752. The molecule has 0 aromatic heterocycles. The Bertz CT molecular complexity index is 415. The smallest absolute Gasteiger partial charge is 0.268 e. The molecule has 0 unspecified atom stereocenters. The minimum Gasteiger partial charge on any atom is -0.507 e. The Morgan fingerprint density at radius 2 is 1.93 bits per heavy atom. The third kappa shape index (κ3) is 1.87. The summed E-state index contributed by atoms with van der Waals surface area (Å²) in [7, 11) is -1.27. The summed E-state index contributed by atoms with van der Waals surface area (Å²) in [6.07, 6.45) is 0. The first kappa shape index (κ1) is 11.0. The second-order valence-electron chi connectivity index (χ2n) is 2.57. The minimum absolute atomic E-state index is 0.177. The Kier molecular flexibility index (Phi) is 3.10. The van der Waals surface area contributed by atoms with Gasteiger partial charge in [0, 0.05) is 7.05 Å². The SMILES string of the molecule is CON(C)S(=O)(=O)c1ccccc1O. The molecule has 1 N–H and O–H groups in total. The fourth-order valence-electron chi connectivity index (χ4n) is 0.912. The molecule has 0 saturated carbocycles. The Morgan fingerprint density at radius 3 is 2.43 bits per heavy atom. The number of nitrogens with zero attached hydrogens (tertiary/aromatic N) is 1. The van der Waals surface area contributed by atoms with E-state index in [0.29, 0.717) is 4.47 Å². The van der Waals surface area contributed by atoms with Crippen LogP contribution in [0.25, 0.3) is 0 Å². The molecule has 78 valence electrons. The van der Waals surface area contributed by atoms with Crippen LogP contribution in [0.5, 0.6) is 5.75 Å². The van der Waals surface area contributed by atoms with Crippen molar-refractivity contribution in [1.82, 2.24) is 4.47 Å². The molecule has 0 amide bonds. The molecule has 1 aromatic rings. The lowest BCUT2D eigenvalue weighted by molar-refractivity contribution is -0.0259. The Hall–Kier alpha value is -1.11. The van der Waals surface area contributed by atoms with Crippen LogP contribution in [-0.2, 0) is 14.9 Å². The molecule has 0 fully saturated rings. The second-order valence-corrected chi connectivity index (χ2v) is 4.47. The minimum atomic E-state index is -3.76. The number of hydrogen-bond acceptors (Lipinski definition) is 4. The summed E-state index contributed by atoms with van der Waals surface area (Å²) >= 11 is 0. The van der Waals surface area contributed by atoms with Crippen LogP contribution < -0.4 is 0 Å². The number of hydrogen-bond donors (Lipinski definition) is 1. The molecule has 0 aliphatic rings. The van der Waals surface area contributed by atoms with E-state index in [9.17, 15) is 13.5 Å². The number of rotatable bonds is 3. The zero-order valence-corrected chi connectivity index (χ0v) is 8.65. The van der Waals surface area contributed by atoms with E-state index in [1.165, 1.54) is 32.4 Å². The van der Waals surface area contributed by atoms with E-state index in [0.717, 1.165) is 0 Å². The average Bonchev–Trinajstić information content (AvgIpc) is 2.17. The van der Waals surface area contributed by atoms with Gasteiger partial charge in [-0.15, -0.1) is 0 Å². The predicted octanol–water partition coefficient (Wildman–Crippen LogP) is 0.574. The van der Waals surface area contributed by atoms with Gasteiger partial charge >= 0.3 is 0 Å². The van der Waals surface area contributed by atoms with Crippen LogP contribution in [-0.4, -0.2) is 32.2 Å². The van der Waals surface area contributed by atoms with E-state index in [1.54, 1.807) is 6.07 Å². The van der Waals surface area contributed by atoms with E-state index in [4.69, 9.17) is 0 Å². The van der Waals surface area contributed by atoms with Gasteiger partial charge in [0.15, 0.2) is 0 Å². The van der Waals surface area contributed by atoms with Crippen molar-refractivity contribution in [2.24, 2.45) is 0 Å². The monoisotopic (exact) mass is 217 g/mol. The number of sulfonamides is 1. The van der Waals surface area contributed by atoms with Gasteiger partial charge in [-0.1, -0.05) is 16.6 Å². The zero-order valence-electron chi connectivity index (χ0n) is 7.84. The molecular weight excluding hydrogens is 206 g/mol. The van der Waals surface area contributed by atoms with Gasteiger partial charge in [0.25, 0.3) is 10.0 Å². The van der Waals surface area contributed by atoms with Gasteiger partial charge in [0.1, 0.15) is 10.6 Å². The van der Waals surface area contributed by atoms with Gasteiger partial charge in [-0.25, -0.2) is 8.42 Å². The molecule has 0 saturated heterocycles. The topological polar surface area (TPSA) is 66.8 Å². The lowest BCUT2D eigenvalue weighted by Gasteiger charge is -2.14. The molecule has 5 nitrogen and oxygen atoms in total. The molecule has 0 aliphatic heterocycles. The van der Waals surface area contributed by atoms with Crippen molar-refractivity contribution < 1.29 is 18.4 Å². The van der Waals surface area contributed by atoms with Gasteiger partial charge in [-0.2, -0.15) is 0 Å². The molecule has 0 radical (unpaired) electrons. The molecule has 0 aliphatic carbocycles. The highest BCUT2D eigenvalue weighted by Gasteiger charge is 2.23. The third-order valence-electron chi connectivity index (χ3n) is 1.74. The number of phenols is 1. The van der Waals surface area contributed by atoms with Crippen molar-refractivity contribution in [3.63, 3.8) is 0 Å².